The monoisotopic (exact) mass is 383 g/mol. The molecule has 1 aromatic carbocycles. The lowest BCUT2D eigenvalue weighted by Crippen LogP contribution is -2.48. The number of ether oxygens (including phenoxy) is 1. The van der Waals surface area contributed by atoms with Crippen LogP contribution in [0.15, 0.2) is 24.4 Å². The Balaban J connectivity index is 1.43. The van der Waals surface area contributed by atoms with Crippen molar-refractivity contribution < 1.29 is 9.53 Å². The minimum Gasteiger partial charge on any atom is -0.376 e. The molecule has 7 nitrogen and oxygen atoms in total. The maximum absolute atomic E-state index is 11.5. The second-order valence-electron chi connectivity index (χ2n) is 7.81. The summed E-state index contributed by atoms with van der Waals surface area (Å²) in [5.41, 5.74) is 4.41. The van der Waals surface area contributed by atoms with Crippen LogP contribution < -0.4 is 4.90 Å². The van der Waals surface area contributed by atoms with Gasteiger partial charge in [0.15, 0.2) is 0 Å². The van der Waals surface area contributed by atoms with E-state index in [-0.39, 0.29) is 12.0 Å². The van der Waals surface area contributed by atoms with E-state index in [1.54, 1.807) is 6.92 Å². The highest BCUT2D eigenvalue weighted by Gasteiger charge is 2.20. The molecule has 0 spiro atoms. The molecule has 1 amide bonds. The van der Waals surface area contributed by atoms with Gasteiger partial charge in [-0.05, 0) is 43.9 Å². The summed E-state index contributed by atoms with van der Waals surface area (Å²) >= 11 is 0. The Kier molecular flexibility index (Phi) is 5.62. The molecule has 2 aliphatic heterocycles. The third-order valence-electron chi connectivity index (χ3n) is 5.78. The molecule has 1 aromatic heterocycles. The molecule has 2 aromatic rings. The molecule has 1 unspecified atom stereocenters. The van der Waals surface area contributed by atoms with Crippen LogP contribution >= 0.6 is 0 Å². The quantitative estimate of drug-likeness (QED) is 0.812. The number of piperazine rings is 1. The Morgan fingerprint density at radius 1 is 1.21 bits per heavy atom. The highest BCUT2D eigenvalue weighted by molar-refractivity contribution is 5.73. The highest BCUT2D eigenvalue weighted by Crippen LogP contribution is 2.27. The molecule has 0 saturated carbocycles. The van der Waals surface area contributed by atoms with Gasteiger partial charge in [-0.25, -0.2) is 4.68 Å². The van der Waals surface area contributed by atoms with Gasteiger partial charge in [0.05, 0.1) is 18.8 Å². The van der Waals surface area contributed by atoms with Gasteiger partial charge in [0.1, 0.15) is 5.69 Å². The Bertz CT molecular complexity index is 820. The molecule has 0 radical (unpaired) electrons. The first-order valence-corrected chi connectivity index (χ1v) is 10.2. The molecule has 1 atom stereocenters. The number of hydrogen-bond donors (Lipinski definition) is 0. The van der Waals surface area contributed by atoms with Crippen molar-refractivity contribution in [2.24, 2.45) is 0 Å². The lowest BCUT2D eigenvalue weighted by Gasteiger charge is -2.35. The summed E-state index contributed by atoms with van der Waals surface area (Å²) in [6.07, 6.45) is 5.76. The predicted octanol–water partition coefficient (Wildman–Crippen LogP) is 2.49. The van der Waals surface area contributed by atoms with Crippen LogP contribution in [0.1, 0.15) is 31.7 Å². The summed E-state index contributed by atoms with van der Waals surface area (Å²) < 4.78 is 7.71. The van der Waals surface area contributed by atoms with E-state index in [1.807, 2.05) is 15.8 Å². The lowest BCUT2D eigenvalue weighted by atomic mass is 10.0. The molecule has 0 bridgehead atoms. The van der Waals surface area contributed by atoms with Crippen LogP contribution in [0, 0.1) is 6.92 Å². The van der Waals surface area contributed by atoms with Crippen LogP contribution in [0.5, 0.6) is 0 Å². The highest BCUT2D eigenvalue weighted by atomic mass is 16.5. The SMILES string of the molecule is CC(=O)N1CCN(c2ccc(-c3cn(CC4CCCCO4)nn3)c(C)c2)CC1. The Morgan fingerprint density at radius 2 is 2.04 bits per heavy atom. The number of aryl methyl sites for hydroxylation is 1. The molecular weight excluding hydrogens is 354 g/mol. The third-order valence-corrected chi connectivity index (χ3v) is 5.78. The number of rotatable bonds is 4. The van der Waals surface area contributed by atoms with E-state index >= 15 is 0 Å². The predicted molar refractivity (Wildman–Crippen MR) is 108 cm³/mol. The molecule has 2 fully saturated rings. The summed E-state index contributed by atoms with van der Waals surface area (Å²) in [6.45, 7) is 8.70. The minimum atomic E-state index is 0.160. The number of anilines is 1. The minimum absolute atomic E-state index is 0.160. The zero-order valence-corrected chi connectivity index (χ0v) is 16.8. The van der Waals surface area contributed by atoms with E-state index in [4.69, 9.17) is 4.74 Å². The topological polar surface area (TPSA) is 63.5 Å². The van der Waals surface area contributed by atoms with Gasteiger partial charge in [-0.15, -0.1) is 5.10 Å². The van der Waals surface area contributed by atoms with Gasteiger partial charge in [-0.2, -0.15) is 0 Å². The summed E-state index contributed by atoms with van der Waals surface area (Å²) in [7, 11) is 0. The molecule has 150 valence electrons. The number of aromatic nitrogens is 3. The van der Waals surface area contributed by atoms with Crippen LogP contribution in [0.4, 0.5) is 5.69 Å². The van der Waals surface area contributed by atoms with Crippen molar-refractivity contribution in [3.05, 3.63) is 30.0 Å². The van der Waals surface area contributed by atoms with Gasteiger partial charge in [0.2, 0.25) is 5.91 Å². The maximum atomic E-state index is 11.5. The molecule has 2 saturated heterocycles. The van der Waals surface area contributed by atoms with E-state index in [0.29, 0.717) is 0 Å². The van der Waals surface area contributed by atoms with E-state index < -0.39 is 0 Å². The first kappa shape index (κ1) is 18.9. The largest absolute Gasteiger partial charge is 0.376 e. The average Bonchev–Trinajstić information content (AvgIpc) is 3.17. The van der Waals surface area contributed by atoms with Crippen molar-refractivity contribution in [3.63, 3.8) is 0 Å². The molecular formula is C21H29N5O2. The van der Waals surface area contributed by atoms with E-state index in [9.17, 15) is 4.79 Å². The molecule has 28 heavy (non-hydrogen) atoms. The normalized spacial score (nSPS) is 20.4. The van der Waals surface area contributed by atoms with Gasteiger partial charge in [-0.3, -0.25) is 4.79 Å². The number of carbonyl (C=O) groups excluding carboxylic acids is 1. The molecule has 2 aliphatic rings. The Morgan fingerprint density at radius 3 is 2.71 bits per heavy atom. The van der Waals surface area contributed by atoms with Crippen LogP contribution in [0.25, 0.3) is 11.3 Å². The summed E-state index contributed by atoms with van der Waals surface area (Å²) in [5.74, 6) is 0.160. The first-order valence-electron chi connectivity index (χ1n) is 10.2. The van der Waals surface area contributed by atoms with Crippen LogP contribution in [0.3, 0.4) is 0 Å². The van der Waals surface area contributed by atoms with Crippen molar-refractivity contribution in [2.75, 3.05) is 37.7 Å². The number of benzene rings is 1. The van der Waals surface area contributed by atoms with Gasteiger partial charge < -0.3 is 14.5 Å². The van der Waals surface area contributed by atoms with Crippen molar-refractivity contribution in [3.8, 4) is 11.3 Å². The third kappa shape index (κ3) is 4.19. The summed E-state index contributed by atoms with van der Waals surface area (Å²) in [4.78, 5) is 15.8. The lowest BCUT2D eigenvalue weighted by molar-refractivity contribution is -0.129. The number of nitrogens with zero attached hydrogens (tertiary/aromatic N) is 5. The molecule has 0 N–H and O–H groups in total. The fourth-order valence-electron chi connectivity index (χ4n) is 4.08. The molecule has 3 heterocycles. The smallest absolute Gasteiger partial charge is 0.219 e. The molecule has 0 aliphatic carbocycles. The van der Waals surface area contributed by atoms with Crippen molar-refractivity contribution in [2.45, 2.75) is 45.8 Å². The van der Waals surface area contributed by atoms with Gasteiger partial charge in [-0.1, -0.05) is 11.3 Å². The van der Waals surface area contributed by atoms with Gasteiger partial charge in [0.25, 0.3) is 0 Å². The van der Waals surface area contributed by atoms with E-state index in [0.717, 1.165) is 63.4 Å². The fourth-order valence-corrected chi connectivity index (χ4v) is 4.08. The second-order valence-corrected chi connectivity index (χ2v) is 7.81. The van der Waals surface area contributed by atoms with Gasteiger partial charge >= 0.3 is 0 Å². The van der Waals surface area contributed by atoms with Crippen molar-refractivity contribution in [1.82, 2.24) is 19.9 Å². The standard InChI is InChI=1S/C21H29N5O2/c1-16-13-18(25-10-8-24(9-11-25)17(2)27)6-7-20(16)21-15-26(23-22-21)14-19-5-3-4-12-28-19/h6-7,13,15,19H,3-5,8-12,14H2,1-2H3. The van der Waals surface area contributed by atoms with Crippen LogP contribution in [0.2, 0.25) is 0 Å². The van der Waals surface area contributed by atoms with E-state index in [1.165, 1.54) is 17.7 Å². The first-order chi connectivity index (χ1) is 13.6. The van der Waals surface area contributed by atoms with Crippen LogP contribution in [-0.2, 0) is 16.1 Å². The zero-order valence-electron chi connectivity index (χ0n) is 16.8. The number of carbonyl (C=O) groups is 1. The Labute approximate surface area is 166 Å². The number of amides is 1. The number of hydrogen-bond acceptors (Lipinski definition) is 5. The van der Waals surface area contributed by atoms with Crippen molar-refractivity contribution >= 4 is 11.6 Å². The van der Waals surface area contributed by atoms with Crippen molar-refractivity contribution in [1.29, 1.82) is 0 Å². The van der Waals surface area contributed by atoms with E-state index in [2.05, 4.69) is 40.3 Å². The summed E-state index contributed by atoms with van der Waals surface area (Å²) in [6, 6.07) is 6.49. The molecule has 7 heteroatoms. The maximum Gasteiger partial charge on any atom is 0.219 e. The second kappa shape index (κ2) is 8.31. The van der Waals surface area contributed by atoms with Crippen LogP contribution in [-0.4, -0.2) is 64.7 Å². The fraction of sp³-hybridized carbons (Fsp3) is 0.571. The summed E-state index contributed by atoms with van der Waals surface area (Å²) in [5, 5.41) is 8.69. The molecule has 4 rings (SSSR count). The zero-order chi connectivity index (χ0) is 19.5. The average molecular weight is 383 g/mol. The van der Waals surface area contributed by atoms with Gasteiger partial charge in [0, 0.05) is 51.0 Å². The Hall–Kier alpha value is -2.41.